The van der Waals surface area contributed by atoms with Crippen molar-refractivity contribution in [1.29, 1.82) is 0 Å². The molecular weight excluding hydrogens is 316 g/mol. The van der Waals surface area contributed by atoms with Crippen molar-refractivity contribution < 1.29 is 19.4 Å². The summed E-state index contributed by atoms with van der Waals surface area (Å²) in [7, 11) is 0. The maximum absolute atomic E-state index is 11.9. The first-order valence-electron chi connectivity index (χ1n) is 6.93. The van der Waals surface area contributed by atoms with E-state index < -0.39 is 5.97 Å². The fourth-order valence-electron chi connectivity index (χ4n) is 1.76. The van der Waals surface area contributed by atoms with Crippen LogP contribution in [-0.2, 0) is 4.79 Å². The van der Waals surface area contributed by atoms with Gasteiger partial charge in [0.05, 0.1) is 22.9 Å². The third kappa shape index (κ3) is 5.30. The highest BCUT2D eigenvalue weighted by molar-refractivity contribution is 7.99. The Labute approximate surface area is 137 Å². The van der Waals surface area contributed by atoms with Crippen molar-refractivity contribution in [3.8, 4) is 5.75 Å². The Bertz CT molecular complexity index is 689. The number of benzene rings is 1. The van der Waals surface area contributed by atoms with E-state index in [0.717, 1.165) is 0 Å². The van der Waals surface area contributed by atoms with Crippen molar-refractivity contribution in [2.24, 2.45) is 0 Å². The second kappa shape index (κ2) is 8.19. The van der Waals surface area contributed by atoms with Crippen LogP contribution in [0.15, 0.2) is 47.6 Å². The number of carboxylic acids is 1. The smallest absolute Gasteiger partial charge is 0.337 e. The Morgan fingerprint density at radius 1 is 1.30 bits per heavy atom. The van der Waals surface area contributed by atoms with Gasteiger partial charge in [-0.2, -0.15) is 0 Å². The number of hydrogen-bond donors (Lipinski definition) is 2. The third-order valence-corrected chi connectivity index (χ3v) is 3.71. The molecule has 2 aromatic rings. The fraction of sp³-hybridized carbons (Fsp3) is 0.188. The van der Waals surface area contributed by atoms with E-state index in [4.69, 9.17) is 9.84 Å². The van der Waals surface area contributed by atoms with Gasteiger partial charge in [0.1, 0.15) is 5.75 Å². The highest BCUT2D eigenvalue weighted by Crippen LogP contribution is 2.19. The van der Waals surface area contributed by atoms with Crippen molar-refractivity contribution in [3.63, 3.8) is 0 Å². The molecule has 0 aliphatic heterocycles. The van der Waals surface area contributed by atoms with Crippen LogP contribution in [0.25, 0.3) is 0 Å². The molecular formula is C16H16N2O4S. The predicted molar refractivity (Wildman–Crippen MR) is 88.2 cm³/mol. The van der Waals surface area contributed by atoms with Gasteiger partial charge in [0, 0.05) is 18.0 Å². The largest absolute Gasteiger partial charge is 0.494 e. The average molecular weight is 332 g/mol. The number of hydrogen-bond acceptors (Lipinski definition) is 5. The number of nitrogens with one attached hydrogen (secondary N) is 1. The lowest BCUT2D eigenvalue weighted by Crippen LogP contribution is -2.14. The lowest BCUT2D eigenvalue weighted by Gasteiger charge is -2.07. The summed E-state index contributed by atoms with van der Waals surface area (Å²) in [6.45, 7) is 2.45. The Morgan fingerprint density at radius 2 is 2.13 bits per heavy atom. The number of ether oxygens (including phenoxy) is 1. The lowest BCUT2D eigenvalue weighted by molar-refractivity contribution is -0.113. The van der Waals surface area contributed by atoms with Gasteiger partial charge in [0.2, 0.25) is 5.91 Å². The summed E-state index contributed by atoms with van der Waals surface area (Å²) in [5, 5.41) is 12.2. The van der Waals surface area contributed by atoms with E-state index in [2.05, 4.69) is 10.3 Å². The number of aromatic carboxylic acids is 1. The molecule has 0 bridgehead atoms. The third-order valence-electron chi connectivity index (χ3n) is 2.76. The van der Waals surface area contributed by atoms with E-state index in [1.165, 1.54) is 24.0 Å². The standard InChI is InChI=1S/C16H16N2O4S/c1-2-22-13-5-3-4-12(8-13)18-14(19)10-23-15-7-6-11(9-17-15)16(20)21/h3-9H,2,10H2,1H3,(H,18,19)(H,20,21). The number of rotatable bonds is 7. The summed E-state index contributed by atoms with van der Waals surface area (Å²) >= 11 is 1.24. The highest BCUT2D eigenvalue weighted by Gasteiger charge is 2.07. The lowest BCUT2D eigenvalue weighted by atomic mass is 10.3. The topological polar surface area (TPSA) is 88.5 Å². The fourth-order valence-corrected chi connectivity index (χ4v) is 2.40. The average Bonchev–Trinajstić information content (AvgIpc) is 2.54. The molecule has 2 rings (SSSR count). The minimum atomic E-state index is -1.03. The predicted octanol–water partition coefficient (Wildman–Crippen LogP) is 2.91. The van der Waals surface area contributed by atoms with E-state index in [0.29, 0.717) is 23.1 Å². The Hall–Kier alpha value is -2.54. The normalized spacial score (nSPS) is 10.1. The summed E-state index contributed by atoms with van der Waals surface area (Å²) < 4.78 is 5.37. The van der Waals surface area contributed by atoms with Gasteiger partial charge in [-0.05, 0) is 31.2 Å². The summed E-state index contributed by atoms with van der Waals surface area (Å²) in [5.41, 5.74) is 0.780. The number of pyridine rings is 1. The van der Waals surface area contributed by atoms with Crippen LogP contribution in [-0.4, -0.2) is 34.3 Å². The van der Waals surface area contributed by atoms with Crippen LogP contribution in [0.3, 0.4) is 0 Å². The SMILES string of the molecule is CCOc1cccc(NC(=O)CSc2ccc(C(=O)O)cn2)c1. The maximum atomic E-state index is 11.9. The number of nitrogens with zero attached hydrogens (tertiary/aromatic N) is 1. The Morgan fingerprint density at radius 3 is 2.78 bits per heavy atom. The second-order valence-corrected chi connectivity index (χ2v) is 5.48. The number of anilines is 1. The quantitative estimate of drug-likeness (QED) is 0.758. The first kappa shape index (κ1) is 16.8. The molecule has 6 nitrogen and oxygen atoms in total. The highest BCUT2D eigenvalue weighted by atomic mass is 32.2. The zero-order valence-corrected chi connectivity index (χ0v) is 13.3. The minimum absolute atomic E-state index is 0.117. The summed E-state index contributed by atoms with van der Waals surface area (Å²) in [6, 6.07) is 10.2. The van der Waals surface area contributed by atoms with E-state index in [-0.39, 0.29) is 17.2 Å². The Balaban J connectivity index is 1.87. The molecule has 0 radical (unpaired) electrons. The van der Waals surface area contributed by atoms with Gasteiger partial charge < -0.3 is 15.2 Å². The van der Waals surface area contributed by atoms with Crippen molar-refractivity contribution in [1.82, 2.24) is 4.98 Å². The molecule has 0 saturated carbocycles. The molecule has 0 unspecified atom stereocenters. The summed E-state index contributed by atoms with van der Waals surface area (Å²) in [5.74, 6) is -0.323. The van der Waals surface area contributed by atoms with Crippen molar-refractivity contribution in [2.45, 2.75) is 11.9 Å². The molecule has 7 heteroatoms. The van der Waals surface area contributed by atoms with E-state index in [1.807, 2.05) is 13.0 Å². The first-order chi connectivity index (χ1) is 11.1. The molecule has 120 valence electrons. The van der Waals surface area contributed by atoms with Gasteiger partial charge in [0.25, 0.3) is 0 Å². The van der Waals surface area contributed by atoms with Gasteiger partial charge >= 0.3 is 5.97 Å². The van der Waals surface area contributed by atoms with Gasteiger partial charge in [-0.15, -0.1) is 0 Å². The molecule has 0 atom stereocenters. The molecule has 0 saturated heterocycles. The van der Waals surface area contributed by atoms with Crippen LogP contribution in [0.4, 0.5) is 5.69 Å². The molecule has 1 heterocycles. The van der Waals surface area contributed by atoms with E-state index in [9.17, 15) is 9.59 Å². The summed E-state index contributed by atoms with van der Waals surface area (Å²) in [6.07, 6.45) is 1.27. The monoisotopic (exact) mass is 332 g/mol. The maximum Gasteiger partial charge on any atom is 0.337 e. The molecule has 0 spiro atoms. The number of aromatic nitrogens is 1. The molecule has 1 aromatic carbocycles. The number of thioether (sulfide) groups is 1. The van der Waals surface area contributed by atoms with Gasteiger partial charge in [-0.1, -0.05) is 17.8 Å². The van der Waals surface area contributed by atoms with Crippen molar-refractivity contribution >= 4 is 29.3 Å². The minimum Gasteiger partial charge on any atom is -0.494 e. The van der Waals surface area contributed by atoms with Crippen LogP contribution in [0, 0.1) is 0 Å². The molecule has 0 fully saturated rings. The van der Waals surface area contributed by atoms with Crippen LogP contribution >= 0.6 is 11.8 Å². The number of carboxylic acid groups (broad SMARTS) is 1. The molecule has 0 aliphatic rings. The molecule has 1 aromatic heterocycles. The van der Waals surface area contributed by atoms with Crippen molar-refractivity contribution in [2.75, 3.05) is 17.7 Å². The Kier molecular flexibility index (Phi) is 5.99. The van der Waals surface area contributed by atoms with Gasteiger partial charge in [-0.3, -0.25) is 4.79 Å². The van der Waals surface area contributed by atoms with Crippen LogP contribution in [0.5, 0.6) is 5.75 Å². The van der Waals surface area contributed by atoms with Crippen LogP contribution in [0.1, 0.15) is 17.3 Å². The number of carbonyl (C=O) groups is 2. The zero-order chi connectivity index (χ0) is 16.7. The van der Waals surface area contributed by atoms with Gasteiger partial charge in [-0.25, -0.2) is 9.78 Å². The van der Waals surface area contributed by atoms with Crippen molar-refractivity contribution in [3.05, 3.63) is 48.2 Å². The molecule has 0 aliphatic carbocycles. The zero-order valence-electron chi connectivity index (χ0n) is 12.5. The van der Waals surface area contributed by atoms with E-state index >= 15 is 0 Å². The first-order valence-corrected chi connectivity index (χ1v) is 7.92. The molecule has 2 N–H and O–H groups in total. The van der Waals surface area contributed by atoms with Gasteiger partial charge in [0.15, 0.2) is 0 Å². The number of carbonyl (C=O) groups excluding carboxylic acids is 1. The molecule has 23 heavy (non-hydrogen) atoms. The second-order valence-electron chi connectivity index (χ2n) is 4.49. The molecule has 1 amide bonds. The van der Waals surface area contributed by atoms with Crippen LogP contribution in [0.2, 0.25) is 0 Å². The number of amides is 1. The summed E-state index contributed by atoms with van der Waals surface area (Å²) in [4.78, 5) is 26.7. The van der Waals surface area contributed by atoms with E-state index in [1.54, 1.807) is 24.3 Å². The van der Waals surface area contributed by atoms with Crippen LogP contribution < -0.4 is 10.1 Å².